The summed E-state index contributed by atoms with van der Waals surface area (Å²) in [6, 6.07) is 7.20. The van der Waals surface area contributed by atoms with Gasteiger partial charge in [-0.1, -0.05) is 30.3 Å². The van der Waals surface area contributed by atoms with Crippen molar-refractivity contribution in [1.29, 1.82) is 0 Å². The average Bonchev–Trinajstić information content (AvgIpc) is 2.52. The summed E-state index contributed by atoms with van der Waals surface area (Å²) in [6.45, 7) is -1.12. The number of rotatable bonds is 4. The van der Waals surface area contributed by atoms with Crippen LogP contribution in [0.5, 0.6) is 0 Å². The summed E-state index contributed by atoms with van der Waals surface area (Å²) >= 11 is 0. The molecule has 0 saturated heterocycles. The van der Waals surface area contributed by atoms with E-state index < -0.39 is 35.6 Å². The fourth-order valence-electron chi connectivity index (χ4n) is 1.93. The van der Waals surface area contributed by atoms with Crippen LogP contribution in [0.15, 0.2) is 48.8 Å². The maximum Gasteiger partial charge on any atom is 0.423 e. The zero-order valence-corrected chi connectivity index (χ0v) is 11.6. The van der Waals surface area contributed by atoms with Crippen LogP contribution in [0.4, 0.5) is 17.6 Å². The lowest BCUT2D eigenvalue weighted by Crippen LogP contribution is -2.51. The van der Waals surface area contributed by atoms with E-state index in [-0.39, 0.29) is 5.56 Å². The van der Waals surface area contributed by atoms with Gasteiger partial charge in [-0.05, 0) is 11.6 Å². The number of amides is 1. The summed E-state index contributed by atoms with van der Waals surface area (Å²) in [6.07, 6.45) is -3.15. The molecule has 1 aromatic carbocycles. The Morgan fingerprint density at radius 2 is 1.83 bits per heavy atom. The number of benzene rings is 1. The maximum atomic E-state index is 13.2. The molecule has 1 heterocycles. The summed E-state index contributed by atoms with van der Waals surface area (Å²) in [7, 11) is 0. The number of aromatic nitrogens is 1. The van der Waals surface area contributed by atoms with Gasteiger partial charge in [0.05, 0.1) is 18.3 Å². The largest absolute Gasteiger partial charge is 0.423 e. The smallest absolute Gasteiger partial charge is 0.375 e. The summed E-state index contributed by atoms with van der Waals surface area (Å²) < 4.78 is 52.7. The first-order valence-corrected chi connectivity index (χ1v) is 6.47. The van der Waals surface area contributed by atoms with Crippen molar-refractivity contribution in [3.8, 4) is 0 Å². The second-order valence-electron chi connectivity index (χ2n) is 4.80. The number of hydrogen-bond donors (Lipinski definition) is 2. The third kappa shape index (κ3) is 3.65. The summed E-state index contributed by atoms with van der Waals surface area (Å²) in [4.78, 5) is 15.2. The molecule has 4 nitrogen and oxygen atoms in total. The van der Waals surface area contributed by atoms with Crippen LogP contribution in [-0.2, 0) is 5.60 Å². The van der Waals surface area contributed by atoms with Crippen molar-refractivity contribution in [2.24, 2.45) is 0 Å². The van der Waals surface area contributed by atoms with Crippen LogP contribution in [0.3, 0.4) is 0 Å². The van der Waals surface area contributed by atoms with Gasteiger partial charge < -0.3 is 10.4 Å². The number of alkyl halides is 3. The van der Waals surface area contributed by atoms with Crippen LogP contribution >= 0.6 is 0 Å². The van der Waals surface area contributed by atoms with Crippen molar-refractivity contribution in [3.63, 3.8) is 0 Å². The molecule has 1 aromatic heterocycles. The van der Waals surface area contributed by atoms with E-state index in [1.165, 1.54) is 18.2 Å². The molecule has 0 saturated carbocycles. The van der Waals surface area contributed by atoms with Crippen LogP contribution < -0.4 is 5.32 Å². The fourth-order valence-corrected chi connectivity index (χ4v) is 1.93. The van der Waals surface area contributed by atoms with E-state index in [0.717, 1.165) is 30.6 Å². The van der Waals surface area contributed by atoms with E-state index in [0.29, 0.717) is 0 Å². The van der Waals surface area contributed by atoms with Gasteiger partial charge in [0.1, 0.15) is 5.82 Å². The molecule has 8 heteroatoms. The molecule has 0 spiro atoms. The number of nitrogens with zero attached hydrogens (tertiary/aromatic N) is 1. The molecule has 0 fully saturated rings. The molecule has 0 aliphatic rings. The zero-order chi connectivity index (χ0) is 17.1. The lowest BCUT2D eigenvalue weighted by atomic mass is 9.93. The van der Waals surface area contributed by atoms with Gasteiger partial charge in [-0.15, -0.1) is 0 Å². The van der Waals surface area contributed by atoms with Gasteiger partial charge in [0.25, 0.3) is 5.91 Å². The quantitative estimate of drug-likeness (QED) is 0.847. The predicted molar refractivity (Wildman–Crippen MR) is 72.9 cm³/mol. The van der Waals surface area contributed by atoms with Crippen LogP contribution in [0, 0.1) is 5.82 Å². The minimum Gasteiger partial charge on any atom is -0.375 e. The predicted octanol–water partition coefficient (Wildman–Crippen LogP) is 2.40. The second-order valence-corrected chi connectivity index (χ2v) is 4.80. The highest BCUT2D eigenvalue weighted by Gasteiger charge is 2.55. The van der Waals surface area contributed by atoms with Crippen molar-refractivity contribution in [3.05, 3.63) is 65.7 Å². The number of pyridine rings is 1. The van der Waals surface area contributed by atoms with Crippen molar-refractivity contribution in [2.45, 2.75) is 11.8 Å². The first kappa shape index (κ1) is 16.9. The van der Waals surface area contributed by atoms with E-state index in [4.69, 9.17) is 0 Å². The summed E-state index contributed by atoms with van der Waals surface area (Å²) in [5.41, 5.74) is -3.92. The SMILES string of the molecule is O=C(NC[C@](O)(c1ccccc1)C(F)(F)F)c1cncc(F)c1. The van der Waals surface area contributed by atoms with E-state index in [2.05, 4.69) is 4.98 Å². The Labute approximate surface area is 128 Å². The lowest BCUT2D eigenvalue weighted by molar-refractivity contribution is -0.263. The Bertz CT molecular complexity index is 691. The molecular weight excluding hydrogens is 316 g/mol. The van der Waals surface area contributed by atoms with Crippen LogP contribution in [0.25, 0.3) is 0 Å². The minimum absolute atomic E-state index is 0.248. The standard InChI is InChI=1S/C15H12F4N2O2/c16-12-6-10(7-20-8-12)13(22)21-9-14(23,15(17,18)19)11-4-2-1-3-5-11/h1-8,23H,9H2,(H,21,22)/t14-/m0/s1. The van der Waals surface area contributed by atoms with E-state index in [1.54, 1.807) is 0 Å². The number of carbonyl (C=O) groups excluding carboxylic acids is 1. The van der Waals surface area contributed by atoms with Gasteiger partial charge >= 0.3 is 6.18 Å². The monoisotopic (exact) mass is 328 g/mol. The molecule has 0 aliphatic heterocycles. The molecule has 0 unspecified atom stereocenters. The fraction of sp³-hybridized carbons (Fsp3) is 0.200. The number of hydrogen-bond acceptors (Lipinski definition) is 3. The van der Waals surface area contributed by atoms with Crippen molar-refractivity contribution in [1.82, 2.24) is 10.3 Å². The molecule has 0 aliphatic carbocycles. The Kier molecular flexibility index (Phi) is 4.65. The minimum atomic E-state index is -5.01. The van der Waals surface area contributed by atoms with Gasteiger partial charge in [0.15, 0.2) is 0 Å². The molecule has 122 valence electrons. The molecule has 2 rings (SSSR count). The molecule has 1 amide bonds. The number of halogens is 4. The molecule has 2 N–H and O–H groups in total. The highest BCUT2D eigenvalue weighted by Crippen LogP contribution is 2.38. The molecule has 23 heavy (non-hydrogen) atoms. The van der Waals surface area contributed by atoms with Gasteiger partial charge in [0, 0.05) is 6.20 Å². The van der Waals surface area contributed by atoms with Crippen LogP contribution in [-0.4, -0.2) is 28.7 Å². The third-order valence-corrected chi connectivity index (χ3v) is 3.19. The molecule has 0 radical (unpaired) electrons. The first-order chi connectivity index (χ1) is 10.7. The number of aliphatic hydroxyl groups is 1. The molecular formula is C15H12F4N2O2. The van der Waals surface area contributed by atoms with E-state index in [9.17, 15) is 27.5 Å². The van der Waals surface area contributed by atoms with Gasteiger partial charge in [-0.3, -0.25) is 9.78 Å². The lowest BCUT2D eigenvalue weighted by Gasteiger charge is -2.31. The van der Waals surface area contributed by atoms with Crippen LogP contribution in [0.1, 0.15) is 15.9 Å². The van der Waals surface area contributed by atoms with Crippen molar-refractivity contribution in [2.75, 3.05) is 6.54 Å². The first-order valence-electron chi connectivity index (χ1n) is 6.47. The average molecular weight is 328 g/mol. The van der Waals surface area contributed by atoms with E-state index in [1.807, 2.05) is 5.32 Å². The van der Waals surface area contributed by atoms with Crippen molar-refractivity contribution >= 4 is 5.91 Å². The summed E-state index contributed by atoms with van der Waals surface area (Å²) in [5.74, 6) is -1.78. The third-order valence-electron chi connectivity index (χ3n) is 3.19. The van der Waals surface area contributed by atoms with Crippen LogP contribution in [0.2, 0.25) is 0 Å². The molecule has 2 aromatic rings. The molecule has 1 atom stereocenters. The molecule has 0 bridgehead atoms. The van der Waals surface area contributed by atoms with Gasteiger partial charge in [-0.25, -0.2) is 4.39 Å². The maximum absolute atomic E-state index is 13.2. The topological polar surface area (TPSA) is 62.2 Å². The van der Waals surface area contributed by atoms with E-state index >= 15 is 0 Å². The van der Waals surface area contributed by atoms with Gasteiger partial charge in [0.2, 0.25) is 5.60 Å². The second kappa shape index (κ2) is 6.33. The number of carbonyl (C=O) groups is 1. The Morgan fingerprint density at radius 3 is 2.39 bits per heavy atom. The zero-order valence-electron chi connectivity index (χ0n) is 11.6. The Morgan fingerprint density at radius 1 is 1.17 bits per heavy atom. The highest BCUT2D eigenvalue weighted by atomic mass is 19.4. The number of nitrogens with one attached hydrogen (secondary N) is 1. The highest BCUT2D eigenvalue weighted by molar-refractivity contribution is 5.93. The normalized spacial score (nSPS) is 14.1. The Balaban J connectivity index is 2.22. The van der Waals surface area contributed by atoms with Crippen molar-refractivity contribution < 1.29 is 27.5 Å². The van der Waals surface area contributed by atoms with Gasteiger partial charge in [-0.2, -0.15) is 13.2 Å². The Hall–Kier alpha value is -2.48. The summed E-state index contributed by atoms with van der Waals surface area (Å²) in [5, 5.41) is 12.0.